The van der Waals surface area contributed by atoms with Crippen LogP contribution in [0.4, 0.5) is 0 Å². The van der Waals surface area contributed by atoms with E-state index in [1.54, 1.807) is 54.6 Å². The first-order valence-corrected chi connectivity index (χ1v) is 7.86. The second kappa shape index (κ2) is 5.55. The fourth-order valence-corrected chi connectivity index (χ4v) is 2.83. The first kappa shape index (κ1) is 13.8. The molecule has 19 heavy (non-hydrogen) atoms. The molecule has 0 N–H and O–H groups in total. The van der Waals surface area contributed by atoms with Crippen LogP contribution in [0.15, 0.2) is 63.9 Å². The summed E-state index contributed by atoms with van der Waals surface area (Å²) in [6.45, 7) is 0. The normalized spacial score (nSPS) is 13.6. The maximum absolute atomic E-state index is 12.5. The minimum atomic E-state index is -2.76. The molecule has 0 fully saturated rings. The molecule has 3 nitrogen and oxygen atoms in total. The molecule has 0 radical (unpaired) electrons. The van der Waals surface area contributed by atoms with Gasteiger partial charge in [-0.3, -0.25) is 4.79 Å². The standard InChI is InChI=1S/C14H12ClNO2S/c1-19(18,13-9-7-12(15)8-10-13)16-14(17)11-5-3-2-4-6-11/h2-10H,1H3. The predicted molar refractivity (Wildman–Crippen MR) is 77.0 cm³/mol. The Labute approximate surface area is 117 Å². The minimum Gasteiger partial charge on any atom is -0.266 e. The van der Waals surface area contributed by atoms with Gasteiger partial charge in [-0.25, -0.2) is 4.21 Å². The molecule has 0 aromatic heterocycles. The van der Waals surface area contributed by atoms with Crippen LogP contribution >= 0.6 is 11.6 Å². The van der Waals surface area contributed by atoms with Crippen LogP contribution in [-0.4, -0.2) is 16.4 Å². The average Bonchev–Trinajstić information content (AvgIpc) is 2.40. The van der Waals surface area contributed by atoms with E-state index in [1.807, 2.05) is 0 Å². The molecule has 1 amide bonds. The number of nitrogens with zero attached hydrogens (tertiary/aromatic N) is 1. The number of carbonyl (C=O) groups is 1. The zero-order chi connectivity index (χ0) is 13.9. The van der Waals surface area contributed by atoms with Crippen LogP contribution in [0.2, 0.25) is 5.02 Å². The lowest BCUT2D eigenvalue weighted by Gasteiger charge is -2.04. The molecule has 0 heterocycles. The fourth-order valence-electron chi connectivity index (χ4n) is 1.53. The molecule has 1 unspecified atom stereocenters. The van der Waals surface area contributed by atoms with E-state index in [2.05, 4.69) is 4.36 Å². The van der Waals surface area contributed by atoms with Gasteiger partial charge in [-0.1, -0.05) is 29.8 Å². The molecule has 2 aromatic rings. The molecule has 0 saturated carbocycles. The lowest BCUT2D eigenvalue weighted by molar-refractivity contribution is 0.100. The number of hydrogen-bond donors (Lipinski definition) is 0. The van der Waals surface area contributed by atoms with Crippen molar-refractivity contribution in [1.29, 1.82) is 0 Å². The zero-order valence-corrected chi connectivity index (χ0v) is 11.8. The van der Waals surface area contributed by atoms with Crippen molar-refractivity contribution in [3.05, 3.63) is 65.2 Å². The minimum absolute atomic E-state index is 0.422. The third kappa shape index (κ3) is 3.43. The molecule has 0 spiro atoms. The Morgan fingerprint density at radius 3 is 2.21 bits per heavy atom. The molecule has 2 rings (SSSR count). The number of rotatable bonds is 2. The summed E-state index contributed by atoms with van der Waals surface area (Å²) in [6, 6.07) is 15.1. The summed E-state index contributed by atoms with van der Waals surface area (Å²) in [5.74, 6) is -0.483. The number of benzene rings is 2. The zero-order valence-electron chi connectivity index (χ0n) is 10.2. The Hall–Kier alpha value is -1.65. The van der Waals surface area contributed by atoms with Crippen LogP contribution < -0.4 is 0 Å². The van der Waals surface area contributed by atoms with Gasteiger partial charge in [0, 0.05) is 21.7 Å². The largest absolute Gasteiger partial charge is 0.285 e. The number of amides is 1. The summed E-state index contributed by atoms with van der Waals surface area (Å²) in [5, 5.41) is 0.549. The Kier molecular flexibility index (Phi) is 4.02. The lowest BCUT2D eigenvalue weighted by Crippen LogP contribution is -2.03. The maximum Gasteiger partial charge on any atom is 0.285 e. The predicted octanol–water partition coefficient (Wildman–Crippen LogP) is 3.64. The first-order valence-electron chi connectivity index (χ1n) is 5.56. The van der Waals surface area contributed by atoms with Crippen LogP contribution in [-0.2, 0) is 9.73 Å². The molecular formula is C14H12ClNO2S. The highest BCUT2D eigenvalue weighted by molar-refractivity contribution is 7.93. The smallest absolute Gasteiger partial charge is 0.266 e. The molecule has 0 aliphatic heterocycles. The van der Waals surface area contributed by atoms with E-state index >= 15 is 0 Å². The molecule has 0 bridgehead atoms. The van der Waals surface area contributed by atoms with Crippen molar-refractivity contribution in [2.75, 3.05) is 6.26 Å². The van der Waals surface area contributed by atoms with Crippen molar-refractivity contribution in [2.45, 2.75) is 4.90 Å². The van der Waals surface area contributed by atoms with Crippen molar-refractivity contribution in [1.82, 2.24) is 0 Å². The van der Waals surface area contributed by atoms with Gasteiger partial charge >= 0.3 is 0 Å². The van der Waals surface area contributed by atoms with Gasteiger partial charge in [0.05, 0.1) is 9.73 Å². The van der Waals surface area contributed by atoms with Crippen molar-refractivity contribution in [3.63, 3.8) is 0 Å². The summed E-state index contributed by atoms with van der Waals surface area (Å²) in [4.78, 5) is 12.4. The number of hydrogen-bond acceptors (Lipinski definition) is 2. The van der Waals surface area contributed by atoms with E-state index in [1.165, 1.54) is 6.26 Å². The first-order chi connectivity index (χ1) is 8.99. The second-order valence-corrected chi connectivity index (χ2v) is 6.71. The summed E-state index contributed by atoms with van der Waals surface area (Å²) in [6.07, 6.45) is 1.44. The molecule has 5 heteroatoms. The van der Waals surface area contributed by atoms with Crippen molar-refractivity contribution in [2.24, 2.45) is 4.36 Å². The summed E-state index contributed by atoms with van der Waals surface area (Å²) < 4.78 is 16.3. The molecule has 98 valence electrons. The van der Waals surface area contributed by atoms with Gasteiger partial charge in [0.1, 0.15) is 0 Å². The lowest BCUT2D eigenvalue weighted by atomic mass is 10.2. The van der Waals surface area contributed by atoms with Gasteiger partial charge in [0.15, 0.2) is 0 Å². The molecule has 0 aliphatic rings. The Balaban J connectivity index is 2.39. The van der Waals surface area contributed by atoms with Gasteiger partial charge in [-0.05, 0) is 36.4 Å². The summed E-state index contributed by atoms with van der Waals surface area (Å²) in [7, 11) is -2.76. The molecule has 0 aliphatic carbocycles. The van der Waals surface area contributed by atoms with E-state index in [0.29, 0.717) is 15.5 Å². The van der Waals surface area contributed by atoms with E-state index < -0.39 is 15.6 Å². The van der Waals surface area contributed by atoms with E-state index in [0.717, 1.165) is 0 Å². The van der Waals surface area contributed by atoms with E-state index in [4.69, 9.17) is 11.6 Å². The Morgan fingerprint density at radius 2 is 1.63 bits per heavy atom. The molecule has 0 saturated heterocycles. The van der Waals surface area contributed by atoms with Crippen molar-refractivity contribution in [3.8, 4) is 0 Å². The average molecular weight is 294 g/mol. The second-order valence-electron chi connectivity index (χ2n) is 4.02. The monoisotopic (exact) mass is 293 g/mol. The Morgan fingerprint density at radius 1 is 1.05 bits per heavy atom. The highest BCUT2D eigenvalue weighted by atomic mass is 35.5. The van der Waals surface area contributed by atoms with Crippen LogP contribution in [0.25, 0.3) is 0 Å². The van der Waals surface area contributed by atoms with Gasteiger partial charge in [-0.2, -0.15) is 4.36 Å². The van der Waals surface area contributed by atoms with Gasteiger partial charge in [-0.15, -0.1) is 0 Å². The fraction of sp³-hybridized carbons (Fsp3) is 0.0714. The number of carbonyl (C=O) groups excluding carboxylic acids is 1. The van der Waals surface area contributed by atoms with Crippen LogP contribution in [0.3, 0.4) is 0 Å². The van der Waals surface area contributed by atoms with Crippen LogP contribution in [0.5, 0.6) is 0 Å². The van der Waals surface area contributed by atoms with Crippen LogP contribution in [0.1, 0.15) is 10.4 Å². The third-order valence-electron chi connectivity index (χ3n) is 2.53. The van der Waals surface area contributed by atoms with E-state index in [-0.39, 0.29) is 0 Å². The Bertz CT molecular complexity index is 702. The quantitative estimate of drug-likeness (QED) is 0.848. The SMILES string of the molecule is CS(=O)(=NC(=O)c1ccccc1)c1ccc(Cl)cc1. The summed E-state index contributed by atoms with van der Waals surface area (Å²) in [5.41, 5.74) is 0.422. The van der Waals surface area contributed by atoms with Crippen molar-refractivity contribution >= 4 is 27.2 Å². The molecule has 2 aromatic carbocycles. The van der Waals surface area contributed by atoms with Crippen molar-refractivity contribution < 1.29 is 9.00 Å². The van der Waals surface area contributed by atoms with Gasteiger partial charge in [0.2, 0.25) is 0 Å². The van der Waals surface area contributed by atoms with Gasteiger partial charge in [0.25, 0.3) is 5.91 Å². The van der Waals surface area contributed by atoms with Crippen LogP contribution in [0, 0.1) is 0 Å². The summed E-state index contributed by atoms with van der Waals surface area (Å²) >= 11 is 5.77. The maximum atomic E-state index is 12.5. The topological polar surface area (TPSA) is 46.5 Å². The van der Waals surface area contributed by atoms with Gasteiger partial charge < -0.3 is 0 Å². The molecular weight excluding hydrogens is 282 g/mol. The third-order valence-corrected chi connectivity index (χ3v) is 4.44. The highest BCUT2D eigenvalue weighted by Gasteiger charge is 2.10. The highest BCUT2D eigenvalue weighted by Crippen LogP contribution is 2.16. The molecule has 1 atom stereocenters. The van der Waals surface area contributed by atoms with E-state index in [9.17, 15) is 9.00 Å². The number of halogens is 1.